The molecule has 2 N–H and O–H groups in total. The number of alkyl halides is 3. The third-order valence-electron chi connectivity index (χ3n) is 3.43. The smallest absolute Gasteiger partial charge is 0.373 e. The molecular weight excluding hydrogens is 257 g/mol. The summed E-state index contributed by atoms with van der Waals surface area (Å²) in [6, 6.07) is 1.68. The number of rotatable bonds is 3. The molecule has 1 fully saturated rings. The van der Waals surface area contributed by atoms with Crippen molar-refractivity contribution >= 4 is 11.6 Å². The number of hydrogen-bond donors (Lipinski definition) is 2. The third-order valence-corrected chi connectivity index (χ3v) is 3.43. The largest absolute Gasteiger partial charge is 0.451 e. The van der Waals surface area contributed by atoms with E-state index in [0.29, 0.717) is 5.92 Å². The van der Waals surface area contributed by atoms with Gasteiger partial charge in [0.2, 0.25) is 5.82 Å². The summed E-state index contributed by atoms with van der Waals surface area (Å²) in [5.74, 6) is -0.282. The maximum absolute atomic E-state index is 12.7. The Morgan fingerprint density at radius 3 is 2.42 bits per heavy atom. The highest BCUT2D eigenvalue weighted by atomic mass is 19.4. The standard InChI is InChI=1S/C12H17F3N4/c1-7-4-3-5-8(7)17-10-6-9(16-2)18-11(19-10)12(13,14)15/h6-8H,3-5H2,1-2H3,(H2,16,17,18,19). The van der Waals surface area contributed by atoms with Crippen LogP contribution in [0.1, 0.15) is 32.0 Å². The molecule has 4 nitrogen and oxygen atoms in total. The number of nitrogens with zero attached hydrogens (tertiary/aromatic N) is 2. The van der Waals surface area contributed by atoms with Crippen LogP contribution in [0.3, 0.4) is 0 Å². The van der Waals surface area contributed by atoms with Gasteiger partial charge in [-0.15, -0.1) is 0 Å². The van der Waals surface area contributed by atoms with Crippen LogP contribution in [0.5, 0.6) is 0 Å². The van der Waals surface area contributed by atoms with E-state index in [1.54, 1.807) is 0 Å². The molecule has 0 aromatic carbocycles. The molecule has 0 amide bonds. The van der Waals surface area contributed by atoms with Gasteiger partial charge in [-0.1, -0.05) is 13.3 Å². The molecule has 106 valence electrons. The maximum atomic E-state index is 12.7. The van der Waals surface area contributed by atoms with Gasteiger partial charge in [-0.05, 0) is 18.8 Å². The lowest BCUT2D eigenvalue weighted by Gasteiger charge is -2.19. The van der Waals surface area contributed by atoms with Crippen molar-refractivity contribution in [1.29, 1.82) is 0 Å². The molecule has 1 saturated carbocycles. The van der Waals surface area contributed by atoms with Gasteiger partial charge in [0.05, 0.1) is 0 Å². The first-order valence-electron chi connectivity index (χ1n) is 6.30. The third kappa shape index (κ3) is 3.27. The van der Waals surface area contributed by atoms with Crippen molar-refractivity contribution in [3.05, 3.63) is 11.9 Å². The predicted octanol–water partition coefficient (Wildman–Crippen LogP) is 3.14. The molecule has 19 heavy (non-hydrogen) atoms. The zero-order chi connectivity index (χ0) is 14.0. The van der Waals surface area contributed by atoms with Crippen LogP contribution in [0, 0.1) is 5.92 Å². The molecule has 1 aliphatic rings. The molecule has 0 spiro atoms. The molecule has 1 aromatic heterocycles. The number of aromatic nitrogens is 2. The van der Waals surface area contributed by atoms with Crippen LogP contribution in [0.15, 0.2) is 6.07 Å². The van der Waals surface area contributed by atoms with Crippen LogP contribution in [-0.4, -0.2) is 23.1 Å². The van der Waals surface area contributed by atoms with Crippen LogP contribution in [0.4, 0.5) is 24.8 Å². The number of halogens is 3. The molecule has 0 bridgehead atoms. The van der Waals surface area contributed by atoms with E-state index in [4.69, 9.17) is 0 Å². The normalized spacial score (nSPS) is 23.4. The van der Waals surface area contributed by atoms with E-state index >= 15 is 0 Å². The summed E-state index contributed by atoms with van der Waals surface area (Å²) in [6.07, 6.45) is -1.39. The molecule has 1 aliphatic carbocycles. The minimum absolute atomic E-state index is 0.162. The Labute approximate surface area is 109 Å². The molecule has 7 heteroatoms. The highest BCUT2D eigenvalue weighted by molar-refractivity contribution is 5.48. The highest BCUT2D eigenvalue weighted by Crippen LogP contribution is 2.31. The van der Waals surface area contributed by atoms with Crippen LogP contribution < -0.4 is 10.6 Å². The summed E-state index contributed by atoms with van der Waals surface area (Å²) in [5, 5.41) is 5.71. The molecule has 0 saturated heterocycles. The van der Waals surface area contributed by atoms with Gasteiger partial charge in [-0.2, -0.15) is 13.2 Å². The average molecular weight is 274 g/mol. The van der Waals surface area contributed by atoms with Crippen molar-refractivity contribution in [2.75, 3.05) is 17.7 Å². The maximum Gasteiger partial charge on any atom is 0.451 e. The van der Waals surface area contributed by atoms with Crippen molar-refractivity contribution in [3.8, 4) is 0 Å². The summed E-state index contributed by atoms with van der Waals surface area (Å²) in [6.45, 7) is 2.09. The first kappa shape index (κ1) is 13.9. The second-order valence-electron chi connectivity index (χ2n) is 4.87. The van der Waals surface area contributed by atoms with Gasteiger partial charge >= 0.3 is 6.18 Å². The van der Waals surface area contributed by atoms with E-state index in [9.17, 15) is 13.2 Å². The van der Waals surface area contributed by atoms with E-state index in [1.165, 1.54) is 13.1 Å². The Hall–Kier alpha value is -1.53. The van der Waals surface area contributed by atoms with Crippen molar-refractivity contribution in [3.63, 3.8) is 0 Å². The molecule has 2 unspecified atom stereocenters. The van der Waals surface area contributed by atoms with Crippen LogP contribution in [-0.2, 0) is 6.18 Å². The van der Waals surface area contributed by atoms with Crippen LogP contribution >= 0.6 is 0 Å². The summed E-state index contributed by atoms with van der Waals surface area (Å²) in [5.41, 5.74) is 0. The first-order chi connectivity index (χ1) is 8.90. The topological polar surface area (TPSA) is 49.8 Å². The van der Waals surface area contributed by atoms with Crippen LogP contribution in [0.2, 0.25) is 0 Å². The molecule has 1 aromatic rings. The van der Waals surface area contributed by atoms with Gasteiger partial charge < -0.3 is 10.6 Å². The molecule has 2 atom stereocenters. The molecule has 1 heterocycles. The fourth-order valence-electron chi connectivity index (χ4n) is 2.33. The van der Waals surface area contributed by atoms with Gasteiger partial charge in [0.1, 0.15) is 11.6 Å². The van der Waals surface area contributed by atoms with Gasteiger partial charge in [0.15, 0.2) is 0 Å². The fourth-order valence-corrected chi connectivity index (χ4v) is 2.33. The Kier molecular flexibility index (Phi) is 3.82. The lowest BCUT2D eigenvalue weighted by Crippen LogP contribution is -2.24. The van der Waals surface area contributed by atoms with Crippen molar-refractivity contribution in [1.82, 2.24) is 9.97 Å². The Morgan fingerprint density at radius 1 is 1.21 bits per heavy atom. The van der Waals surface area contributed by atoms with Crippen molar-refractivity contribution in [2.24, 2.45) is 5.92 Å². The monoisotopic (exact) mass is 274 g/mol. The average Bonchev–Trinajstić information content (AvgIpc) is 2.73. The summed E-state index contributed by atoms with van der Waals surface area (Å²) < 4.78 is 38.1. The number of anilines is 2. The summed E-state index contributed by atoms with van der Waals surface area (Å²) in [4.78, 5) is 6.99. The fraction of sp³-hybridized carbons (Fsp3) is 0.667. The second kappa shape index (κ2) is 5.22. The van der Waals surface area contributed by atoms with E-state index in [2.05, 4.69) is 27.5 Å². The quantitative estimate of drug-likeness (QED) is 0.889. The number of nitrogens with one attached hydrogen (secondary N) is 2. The lowest BCUT2D eigenvalue weighted by molar-refractivity contribution is -0.144. The molecular formula is C12H17F3N4. The molecule has 0 radical (unpaired) electrons. The molecule has 2 rings (SSSR count). The zero-order valence-electron chi connectivity index (χ0n) is 10.9. The number of hydrogen-bond acceptors (Lipinski definition) is 4. The SMILES string of the molecule is CNc1cc(NC2CCCC2C)nc(C(F)(F)F)n1. The Bertz CT molecular complexity index is 447. The second-order valence-corrected chi connectivity index (χ2v) is 4.87. The van der Waals surface area contributed by atoms with E-state index in [1.807, 2.05) is 0 Å². The van der Waals surface area contributed by atoms with Gasteiger partial charge in [-0.25, -0.2) is 9.97 Å². The van der Waals surface area contributed by atoms with Gasteiger partial charge in [0, 0.05) is 19.2 Å². The Morgan fingerprint density at radius 2 is 1.89 bits per heavy atom. The van der Waals surface area contributed by atoms with Crippen molar-refractivity contribution in [2.45, 2.75) is 38.4 Å². The highest BCUT2D eigenvalue weighted by Gasteiger charge is 2.35. The van der Waals surface area contributed by atoms with Crippen molar-refractivity contribution < 1.29 is 13.2 Å². The van der Waals surface area contributed by atoms with E-state index in [0.717, 1.165) is 19.3 Å². The minimum Gasteiger partial charge on any atom is -0.373 e. The Balaban J connectivity index is 2.24. The minimum atomic E-state index is -4.54. The van der Waals surface area contributed by atoms with E-state index < -0.39 is 12.0 Å². The molecule has 0 aliphatic heterocycles. The van der Waals surface area contributed by atoms with Gasteiger partial charge in [0.25, 0.3) is 0 Å². The zero-order valence-corrected chi connectivity index (χ0v) is 10.9. The van der Waals surface area contributed by atoms with Crippen LogP contribution in [0.25, 0.3) is 0 Å². The summed E-state index contributed by atoms with van der Waals surface area (Å²) in [7, 11) is 1.53. The van der Waals surface area contributed by atoms with E-state index in [-0.39, 0.29) is 17.7 Å². The van der Waals surface area contributed by atoms with Gasteiger partial charge in [-0.3, -0.25) is 0 Å². The summed E-state index contributed by atoms with van der Waals surface area (Å²) >= 11 is 0. The lowest BCUT2D eigenvalue weighted by atomic mass is 10.1. The predicted molar refractivity (Wildman–Crippen MR) is 67.0 cm³/mol. The first-order valence-corrected chi connectivity index (χ1v) is 6.30.